The van der Waals surface area contributed by atoms with Gasteiger partial charge in [-0.2, -0.15) is 0 Å². The second-order valence-electron chi connectivity index (χ2n) is 7.64. The standard InChI is InChI=1S/C20H24N6O5S/c21-18-17-14(24-32(29,30)25-18)4-1-5-16(17)31-11-12-3-2-8-26(10-12)20(28)13-6-7-23-15(9-13)19(22)27/h1,4-7,9,12,24,29-30H,2-3,8,10-11H2,(H2,21,25)(H2,22,27)/t12-/m0/s1. The lowest BCUT2D eigenvalue weighted by Gasteiger charge is -2.34. The topological polar surface area (TPSA) is 176 Å². The molecule has 7 N–H and O–H groups in total. The molecule has 170 valence electrons. The fourth-order valence-electron chi connectivity index (χ4n) is 3.83. The van der Waals surface area contributed by atoms with Crippen LogP contribution < -0.4 is 20.9 Å². The summed E-state index contributed by atoms with van der Waals surface area (Å²) in [7, 11) is -3.37. The van der Waals surface area contributed by atoms with Crippen LogP contribution in [-0.4, -0.2) is 56.3 Å². The molecule has 0 saturated carbocycles. The van der Waals surface area contributed by atoms with Gasteiger partial charge >= 0.3 is 0 Å². The first-order valence-corrected chi connectivity index (χ1v) is 11.5. The number of piperidine rings is 1. The Hall–Kier alpha value is -3.35. The Kier molecular flexibility index (Phi) is 5.91. The zero-order valence-corrected chi connectivity index (χ0v) is 17.9. The molecule has 2 aliphatic heterocycles. The van der Waals surface area contributed by atoms with Crippen molar-refractivity contribution in [2.75, 3.05) is 24.4 Å². The van der Waals surface area contributed by atoms with E-state index in [-0.39, 0.29) is 23.4 Å². The second kappa shape index (κ2) is 8.65. The zero-order chi connectivity index (χ0) is 22.9. The number of primary amides is 1. The van der Waals surface area contributed by atoms with Gasteiger partial charge in [-0.05, 0) is 48.1 Å². The molecule has 11 nitrogen and oxygen atoms in total. The van der Waals surface area contributed by atoms with Gasteiger partial charge in [0.2, 0.25) is 0 Å². The second-order valence-corrected chi connectivity index (χ2v) is 9.06. The summed E-state index contributed by atoms with van der Waals surface area (Å²) in [5.41, 5.74) is 12.5. The van der Waals surface area contributed by atoms with E-state index < -0.39 is 16.9 Å². The van der Waals surface area contributed by atoms with Gasteiger partial charge in [-0.15, -0.1) is 4.40 Å². The number of hydrogen-bond donors (Lipinski definition) is 5. The van der Waals surface area contributed by atoms with Crippen LogP contribution in [0.1, 0.15) is 39.3 Å². The van der Waals surface area contributed by atoms with Crippen molar-refractivity contribution in [3.63, 3.8) is 0 Å². The number of nitrogens with one attached hydrogen (secondary N) is 1. The summed E-state index contributed by atoms with van der Waals surface area (Å²) in [4.78, 5) is 29.9. The lowest BCUT2D eigenvalue weighted by atomic mass is 9.98. The van der Waals surface area contributed by atoms with Crippen LogP contribution in [0.5, 0.6) is 5.75 Å². The number of hydrogen-bond acceptors (Lipinski definition) is 9. The van der Waals surface area contributed by atoms with E-state index in [1.165, 1.54) is 12.3 Å². The zero-order valence-electron chi connectivity index (χ0n) is 17.1. The number of benzene rings is 1. The van der Waals surface area contributed by atoms with E-state index in [0.29, 0.717) is 42.3 Å². The molecule has 0 spiro atoms. The van der Waals surface area contributed by atoms with E-state index in [4.69, 9.17) is 16.2 Å². The van der Waals surface area contributed by atoms with Crippen molar-refractivity contribution < 1.29 is 23.4 Å². The van der Waals surface area contributed by atoms with Crippen LogP contribution in [0.15, 0.2) is 40.9 Å². The number of ether oxygens (including phenoxy) is 1. The van der Waals surface area contributed by atoms with E-state index in [1.54, 1.807) is 29.2 Å². The third-order valence-electron chi connectivity index (χ3n) is 5.29. The maximum atomic E-state index is 12.9. The molecule has 0 bridgehead atoms. The minimum atomic E-state index is -3.37. The highest BCUT2D eigenvalue weighted by molar-refractivity contribution is 8.24. The minimum Gasteiger partial charge on any atom is -0.492 e. The molecular weight excluding hydrogens is 436 g/mol. The van der Waals surface area contributed by atoms with E-state index in [1.807, 2.05) is 0 Å². The molecule has 0 aliphatic carbocycles. The number of carbonyl (C=O) groups excluding carboxylic acids is 2. The van der Waals surface area contributed by atoms with Gasteiger partial charge in [0.15, 0.2) is 5.84 Å². The van der Waals surface area contributed by atoms with Gasteiger partial charge in [0, 0.05) is 30.8 Å². The Morgan fingerprint density at radius 1 is 1.31 bits per heavy atom. The number of nitrogens with zero attached hydrogens (tertiary/aromatic N) is 3. The first-order valence-electron chi connectivity index (χ1n) is 9.96. The predicted molar refractivity (Wildman–Crippen MR) is 121 cm³/mol. The molecule has 0 radical (unpaired) electrons. The van der Waals surface area contributed by atoms with Gasteiger partial charge in [0.1, 0.15) is 11.4 Å². The van der Waals surface area contributed by atoms with E-state index >= 15 is 0 Å². The van der Waals surface area contributed by atoms with Crippen molar-refractivity contribution in [2.24, 2.45) is 21.8 Å². The first-order chi connectivity index (χ1) is 15.2. The Morgan fingerprint density at radius 2 is 2.12 bits per heavy atom. The van der Waals surface area contributed by atoms with Crippen LogP contribution in [0, 0.1) is 5.92 Å². The van der Waals surface area contributed by atoms with E-state index in [2.05, 4.69) is 14.1 Å². The first kappa shape index (κ1) is 21.9. The number of nitrogens with two attached hydrogens (primary N) is 2. The van der Waals surface area contributed by atoms with Gasteiger partial charge in [-0.25, -0.2) is 0 Å². The molecule has 1 saturated heterocycles. The summed E-state index contributed by atoms with van der Waals surface area (Å²) in [6.07, 6.45) is 3.09. The molecule has 32 heavy (non-hydrogen) atoms. The smallest absolute Gasteiger partial charge is 0.267 e. The summed E-state index contributed by atoms with van der Waals surface area (Å²) < 4.78 is 31.8. The molecule has 1 fully saturated rings. The molecule has 2 aliphatic rings. The van der Waals surface area contributed by atoms with Gasteiger partial charge in [-0.1, -0.05) is 6.07 Å². The SMILES string of the molecule is NC(=O)c1cc(C(=O)N2CCC[C@H](COc3cccc4c3C(N)=NS(O)(O)N4)C2)ccn1. The summed E-state index contributed by atoms with van der Waals surface area (Å²) >= 11 is 0. The van der Waals surface area contributed by atoms with Crippen LogP contribution in [-0.2, 0) is 0 Å². The van der Waals surface area contributed by atoms with Gasteiger partial charge in [-0.3, -0.25) is 28.4 Å². The third-order valence-corrected chi connectivity index (χ3v) is 6.24. The average molecular weight is 461 g/mol. The summed E-state index contributed by atoms with van der Waals surface area (Å²) in [5, 5.41) is 0. The normalized spacial score (nSPS) is 20.4. The van der Waals surface area contributed by atoms with Gasteiger partial charge in [0.25, 0.3) is 11.8 Å². The number of pyridine rings is 1. The van der Waals surface area contributed by atoms with Crippen molar-refractivity contribution in [1.82, 2.24) is 9.88 Å². The molecular formula is C20H24N6O5S. The highest BCUT2D eigenvalue weighted by Crippen LogP contribution is 2.46. The van der Waals surface area contributed by atoms with Crippen LogP contribution >= 0.6 is 11.0 Å². The van der Waals surface area contributed by atoms with Crippen molar-refractivity contribution in [1.29, 1.82) is 0 Å². The van der Waals surface area contributed by atoms with Gasteiger partial charge in [0.05, 0.1) is 17.9 Å². The summed E-state index contributed by atoms with van der Waals surface area (Å²) in [5.74, 6) is -0.347. The Morgan fingerprint density at radius 3 is 2.91 bits per heavy atom. The maximum Gasteiger partial charge on any atom is 0.267 e. The summed E-state index contributed by atoms with van der Waals surface area (Å²) in [6.45, 7) is 1.43. The van der Waals surface area contributed by atoms with Gasteiger partial charge < -0.3 is 21.1 Å². The lowest BCUT2D eigenvalue weighted by Crippen LogP contribution is -2.41. The Balaban J connectivity index is 1.43. The summed E-state index contributed by atoms with van der Waals surface area (Å²) in [6, 6.07) is 8.07. The number of amides is 2. The molecule has 3 heterocycles. The quantitative estimate of drug-likeness (QED) is 0.449. The fourth-order valence-corrected chi connectivity index (χ4v) is 4.70. The number of rotatable bonds is 5. The predicted octanol–water partition coefficient (Wildman–Crippen LogP) is 1.82. The molecule has 12 heteroatoms. The van der Waals surface area contributed by atoms with Crippen LogP contribution in [0.4, 0.5) is 5.69 Å². The Labute approximate surface area is 186 Å². The monoisotopic (exact) mass is 460 g/mol. The number of anilines is 1. The third kappa shape index (κ3) is 4.61. The molecule has 1 aromatic heterocycles. The average Bonchev–Trinajstić information content (AvgIpc) is 2.76. The number of aromatic nitrogens is 1. The lowest BCUT2D eigenvalue weighted by molar-refractivity contribution is 0.0633. The number of likely N-dealkylation sites (tertiary alicyclic amines) is 1. The number of amidine groups is 1. The molecule has 2 amide bonds. The van der Waals surface area contributed by atoms with Crippen molar-refractivity contribution in [3.8, 4) is 5.75 Å². The van der Waals surface area contributed by atoms with E-state index in [0.717, 1.165) is 12.8 Å². The maximum absolute atomic E-state index is 12.9. The highest BCUT2D eigenvalue weighted by atomic mass is 32.3. The number of fused-ring (bicyclic) bond motifs is 1. The molecule has 2 aromatic rings. The van der Waals surface area contributed by atoms with Crippen LogP contribution in [0.3, 0.4) is 0 Å². The minimum absolute atomic E-state index is 0.0160. The van der Waals surface area contributed by atoms with Crippen LogP contribution in [0.25, 0.3) is 0 Å². The molecule has 4 rings (SSSR count). The molecule has 1 aromatic carbocycles. The largest absolute Gasteiger partial charge is 0.492 e. The van der Waals surface area contributed by atoms with Crippen molar-refractivity contribution >= 4 is 34.3 Å². The number of carbonyl (C=O) groups is 2. The molecule has 1 atom stereocenters. The molecule has 0 unspecified atom stereocenters. The van der Waals surface area contributed by atoms with Crippen LogP contribution in [0.2, 0.25) is 0 Å². The van der Waals surface area contributed by atoms with Crippen molar-refractivity contribution in [2.45, 2.75) is 12.8 Å². The van der Waals surface area contributed by atoms with E-state index in [9.17, 15) is 18.7 Å². The Bertz CT molecular complexity index is 1090. The highest BCUT2D eigenvalue weighted by Gasteiger charge is 2.28. The van der Waals surface area contributed by atoms with Crippen molar-refractivity contribution in [3.05, 3.63) is 53.3 Å². The fraction of sp³-hybridized carbons (Fsp3) is 0.300.